The monoisotopic (exact) mass is 252 g/mol. The first-order chi connectivity index (χ1) is 8.27. The minimum Gasteiger partial charge on any atom is -0.298 e. The highest BCUT2D eigenvalue weighted by Gasteiger charge is 2.21. The van der Waals surface area contributed by atoms with Gasteiger partial charge >= 0.3 is 0 Å². The van der Waals surface area contributed by atoms with Gasteiger partial charge in [0.15, 0.2) is 0 Å². The molecule has 0 spiro atoms. The van der Waals surface area contributed by atoms with Gasteiger partial charge in [0, 0.05) is 10.8 Å². The molecule has 92 valence electrons. The molecule has 0 heterocycles. The Labute approximate surface area is 106 Å². The van der Waals surface area contributed by atoms with Gasteiger partial charge in [0.25, 0.3) is 0 Å². The molecule has 0 N–H and O–H groups in total. The first kappa shape index (κ1) is 12.6. The summed E-state index contributed by atoms with van der Waals surface area (Å²) in [6, 6.07) is 6.64. The Kier molecular flexibility index (Phi) is 4.60. The summed E-state index contributed by atoms with van der Waals surface area (Å²) in [7, 11) is 0. The Morgan fingerprint density at radius 1 is 1.24 bits per heavy atom. The molecule has 0 amide bonds. The average molecular weight is 252 g/mol. The molecule has 1 fully saturated rings. The van der Waals surface area contributed by atoms with E-state index < -0.39 is 0 Å². The molecule has 0 saturated heterocycles. The molecule has 1 nitrogen and oxygen atoms in total. The van der Waals surface area contributed by atoms with E-state index in [2.05, 4.69) is 0 Å². The van der Waals surface area contributed by atoms with Crippen molar-refractivity contribution in [3.63, 3.8) is 0 Å². The highest BCUT2D eigenvalue weighted by Crippen LogP contribution is 2.28. The van der Waals surface area contributed by atoms with E-state index in [-0.39, 0.29) is 17.5 Å². The van der Waals surface area contributed by atoms with Crippen molar-refractivity contribution in [3.8, 4) is 0 Å². The summed E-state index contributed by atoms with van der Waals surface area (Å²) < 4.78 is 13.4. The van der Waals surface area contributed by atoms with Crippen LogP contribution in [-0.2, 0) is 4.79 Å². The molecule has 1 aromatic carbocycles. The maximum Gasteiger partial charge on any atom is 0.146 e. The Morgan fingerprint density at radius 3 is 2.65 bits per heavy atom. The first-order valence-corrected chi connectivity index (χ1v) is 7.16. The highest BCUT2D eigenvalue weighted by atomic mass is 32.2. The SMILES string of the molecule is O=C(CSc1ccccc1F)C1CCCCC1. The zero-order valence-corrected chi connectivity index (χ0v) is 10.6. The molecule has 0 radical (unpaired) electrons. The van der Waals surface area contributed by atoms with Gasteiger partial charge in [0.1, 0.15) is 11.6 Å². The van der Waals surface area contributed by atoms with Gasteiger partial charge in [-0.3, -0.25) is 4.79 Å². The Morgan fingerprint density at radius 2 is 1.94 bits per heavy atom. The molecule has 0 aromatic heterocycles. The second kappa shape index (κ2) is 6.20. The summed E-state index contributed by atoms with van der Waals surface area (Å²) in [4.78, 5) is 12.5. The maximum absolute atomic E-state index is 13.4. The summed E-state index contributed by atoms with van der Waals surface area (Å²) in [5, 5.41) is 0. The van der Waals surface area contributed by atoms with E-state index in [1.165, 1.54) is 37.1 Å². The van der Waals surface area contributed by atoms with Gasteiger partial charge in [-0.2, -0.15) is 0 Å². The number of Topliss-reactive ketones (excluding diaryl/α,β-unsaturated/α-hetero) is 1. The third-order valence-corrected chi connectivity index (χ3v) is 4.34. The molecule has 0 aliphatic heterocycles. The van der Waals surface area contributed by atoms with Crippen molar-refractivity contribution < 1.29 is 9.18 Å². The van der Waals surface area contributed by atoms with Gasteiger partial charge < -0.3 is 0 Å². The molecule has 0 atom stereocenters. The molecule has 1 aromatic rings. The molecule has 0 bridgehead atoms. The summed E-state index contributed by atoms with van der Waals surface area (Å²) in [6.07, 6.45) is 5.64. The second-order valence-electron chi connectivity index (χ2n) is 4.52. The van der Waals surface area contributed by atoms with Crippen molar-refractivity contribution in [2.24, 2.45) is 5.92 Å². The summed E-state index contributed by atoms with van der Waals surface area (Å²) in [5.41, 5.74) is 0. The zero-order valence-electron chi connectivity index (χ0n) is 9.82. The van der Waals surface area contributed by atoms with Crippen LogP contribution in [0.1, 0.15) is 32.1 Å². The lowest BCUT2D eigenvalue weighted by Crippen LogP contribution is -2.19. The topological polar surface area (TPSA) is 17.1 Å². The highest BCUT2D eigenvalue weighted by molar-refractivity contribution is 8.00. The van der Waals surface area contributed by atoms with Crippen LogP contribution in [0.15, 0.2) is 29.2 Å². The normalized spacial score (nSPS) is 17.0. The standard InChI is InChI=1S/C14H17FOS/c15-12-8-4-5-9-14(12)17-10-13(16)11-6-2-1-3-7-11/h4-5,8-9,11H,1-3,6-7,10H2. The van der Waals surface area contributed by atoms with E-state index in [0.29, 0.717) is 10.6 Å². The van der Waals surface area contributed by atoms with Crippen LogP contribution in [0.4, 0.5) is 4.39 Å². The quantitative estimate of drug-likeness (QED) is 0.751. The van der Waals surface area contributed by atoms with Gasteiger partial charge in [0.05, 0.1) is 5.75 Å². The first-order valence-electron chi connectivity index (χ1n) is 6.17. The minimum absolute atomic E-state index is 0.225. The van der Waals surface area contributed by atoms with Gasteiger partial charge in [-0.05, 0) is 25.0 Å². The van der Waals surface area contributed by atoms with E-state index in [0.717, 1.165) is 12.8 Å². The third-order valence-electron chi connectivity index (χ3n) is 3.27. The minimum atomic E-state index is -0.228. The van der Waals surface area contributed by atoms with Crippen LogP contribution in [-0.4, -0.2) is 11.5 Å². The lowest BCUT2D eigenvalue weighted by atomic mass is 9.87. The number of hydrogen-bond donors (Lipinski definition) is 0. The molecular formula is C14H17FOS. The van der Waals surface area contributed by atoms with E-state index in [4.69, 9.17) is 0 Å². The molecule has 1 aliphatic rings. The summed E-state index contributed by atoms with van der Waals surface area (Å²) in [6.45, 7) is 0. The van der Waals surface area contributed by atoms with Gasteiger partial charge in [-0.15, -0.1) is 11.8 Å². The molecule has 2 rings (SSSR count). The van der Waals surface area contributed by atoms with Crippen LogP contribution in [0.5, 0.6) is 0 Å². The zero-order chi connectivity index (χ0) is 12.1. The third kappa shape index (κ3) is 3.56. The Balaban J connectivity index is 1.85. The van der Waals surface area contributed by atoms with E-state index >= 15 is 0 Å². The molecule has 0 unspecified atom stereocenters. The number of carbonyl (C=O) groups is 1. The van der Waals surface area contributed by atoms with Crippen LogP contribution in [0.3, 0.4) is 0 Å². The molecule has 1 aliphatic carbocycles. The number of thioether (sulfide) groups is 1. The van der Waals surface area contributed by atoms with Crippen LogP contribution >= 0.6 is 11.8 Å². The fourth-order valence-corrected chi connectivity index (χ4v) is 3.17. The Bertz CT molecular complexity index is 386. The summed E-state index contributed by atoms with van der Waals surface area (Å²) >= 11 is 1.32. The maximum atomic E-state index is 13.4. The number of ketones is 1. The summed E-state index contributed by atoms with van der Waals surface area (Å²) in [5.74, 6) is 0.695. The Hall–Kier alpha value is -0.830. The van der Waals surface area contributed by atoms with Crippen molar-refractivity contribution >= 4 is 17.5 Å². The van der Waals surface area contributed by atoms with Crippen molar-refractivity contribution in [2.75, 3.05) is 5.75 Å². The number of rotatable bonds is 4. The molecule has 3 heteroatoms. The fourth-order valence-electron chi connectivity index (χ4n) is 2.25. The van der Waals surface area contributed by atoms with Gasteiger partial charge in [0.2, 0.25) is 0 Å². The smallest absolute Gasteiger partial charge is 0.146 e. The average Bonchev–Trinajstić information content (AvgIpc) is 2.38. The lowest BCUT2D eigenvalue weighted by molar-refractivity contribution is -0.121. The van der Waals surface area contributed by atoms with Gasteiger partial charge in [-0.1, -0.05) is 31.4 Å². The van der Waals surface area contributed by atoms with Crippen molar-refractivity contribution in [3.05, 3.63) is 30.1 Å². The molecule has 1 saturated carbocycles. The van der Waals surface area contributed by atoms with Crippen LogP contribution in [0, 0.1) is 11.7 Å². The van der Waals surface area contributed by atoms with E-state index in [1.54, 1.807) is 18.2 Å². The second-order valence-corrected chi connectivity index (χ2v) is 5.54. The van der Waals surface area contributed by atoms with Crippen molar-refractivity contribution in [1.82, 2.24) is 0 Å². The largest absolute Gasteiger partial charge is 0.298 e. The van der Waals surface area contributed by atoms with Crippen LogP contribution in [0.2, 0.25) is 0 Å². The van der Waals surface area contributed by atoms with Crippen molar-refractivity contribution in [1.29, 1.82) is 0 Å². The predicted octanol–water partition coefficient (Wildman–Crippen LogP) is 4.07. The number of hydrogen-bond acceptors (Lipinski definition) is 2. The van der Waals surface area contributed by atoms with E-state index in [9.17, 15) is 9.18 Å². The van der Waals surface area contributed by atoms with Gasteiger partial charge in [-0.25, -0.2) is 4.39 Å². The predicted molar refractivity (Wildman–Crippen MR) is 68.7 cm³/mol. The lowest BCUT2D eigenvalue weighted by Gasteiger charge is -2.19. The number of benzene rings is 1. The number of halogens is 1. The van der Waals surface area contributed by atoms with Crippen molar-refractivity contribution in [2.45, 2.75) is 37.0 Å². The van der Waals surface area contributed by atoms with Crippen LogP contribution in [0.25, 0.3) is 0 Å². The van der Waals surface area contributed by atoms with Crippen LogP contribution < -0.4 is 0 Å². The molecular weight excluding hydrogens is 235 g/mol. The molecule has 17 heavy (non-hydrogen) atoms. The number of carbonyl (C=O) groups excluding carboxylic acids is 1. The fraction of sp³-hybridized carbons (Fsp3) is 0.500. The van der Waals surface area contributed by atoms with E-state index in [1.807, 2.05) is 0 Å².